The highest BCUT2D eigenvalue weighted by Gasteiger charge is 2.49. The fourth-order valence-electron chi connectivity index (χ4n) is 5.90. The van der Waals surface area contributed by atoms with Gasteiger partial charge < -0.3 is 19.7 Å². The minimum absolute atomic E-state index is 0.0491. The van der Waals surface area contributed by atoms with E-state index in [4.69, 9.17) is 9.47 Å². The van der Waals surface area contributed by atoms with Gasteiger partial charge in [-0.05, 0) is 37.3 Å². The predicted molar refractivity (Wildman–Crippen MR) is 162 cm³/mol. The molecule has 1 aromatic heterocycles. The first-order valence-electron chi connectivity index (χ1n) is 14.4. The molecule has 3 aromatic carbocycles. The molecule has 3 amide bonds. The van der Waals surface area contributed by atoms with Crippen molar-refractivity contribution in [2.45, 2.75) is 24.9 Å². The number of anilines is 2. The number of amides is 3. The van der Waals surface area contributed by atoms with E-state index in [-0.39, 0.29) is 53.3 Å². The molecule has 0 spiro atoms. The van der Waals surface area contributed by atoms with Crippen molar-refractivity contribution in [3.8, 4) is 11.8 Å². The molecule has 0 unspecified atom stereocenters. The van der Waals surface area contributed by atoms with Gasteiger partial charge in [0, 0.05) is 35.5 Å². The maximum Gasteiger partial charge on any atom is 0.409 e. The minimum Gasteiger partial charge on any atom is -0.495 e. The summed E-state index contributed by atoms with van der Waals surface area (Å²) in [7, 11) is 1.41. The lowest BCUT2D eigenvalue weighted by Gasteiger charge is -2.37. The monoisotopic (exact) mass is 626 g/mol. The molecule has 2 atom stereocenters. The molecule has 46 heavy (non-hydrogen) atoms. The average molecular weight is 627 g/mol. The van der Waals surface area contributed by atoms with Crippen LogP contribution in [-0.2, 0) is 10.7 Å². The Hall–Kier alpha value is -5.77. The number of aromatic nitrogens is 2. The number of ether oxygens (including phenoxy) is 2. The van der Waals surface area contributed by atoms with E-state index in [9.17, 15) is 19.6 Å². The predicted octanol–water partition coefficient (Wildman–Crippen LogP) is 5.20. The van der Waals surface area contributed by atoms with Crippen LogP contribution in [0.2, 0.25) is 0 Å². The van der Waals surface area contributed by atoms with Gasteiger partial charge in [0.2, 0.25) is 0 Å². The number of methoxy groups -OCH3 is 1. The number of benzene rings is 3. The number of alkyl halides is 2. The van der Waals surface area contributed by atoms with Crippen LogP contribution in [0.4, 0.5) is 25.0 Å². The second-order valence-corrected chi connectivity index (χ2v) is 10.7. The SMILES string of the molecule is CCOC(=O)N1C[C@@H]2[C@H](C1)N(c1ccc(C(F)(F)c3ccccc3)cc1)C(=O)c1c(NC(=O)c3ccc(OC)c(C#N)c3)cnn12. The number of nitrogens with one attached hydrogen (secondary N) is 1. The number of hydrogen-bond donors (Lipinski definition) is 1. The first-order valence-corrected chi connectivity index (χ1v) is 14.4. The maximum atomic E-state index is 15.3. The fraction of sp³-hybridized carbons (Fsp3) is 0.242. The Morgan fingerprint density at radius 2 is 1.74 bits per heavy atom. The fourth-order valence-corrected chi connectivity index (χ4v) is 5.90. The van der Waals surface area contributed by atoms with E-state index < -0.39 is 35.9 Å². The van der Waals surface area contributed by atoms with E-state index in [1.54, 1.807) is 13.0 Å². The summed E-state index contributed by atoms with van der Waals surface area (Å²) in [6.07, 6.45) is 0.786. The second-order valence-electron chi connectivity index (χ2n) is 10.7. The Bertz CT molecular complexity index is 1850. The lowest BCUT2D eigenvalue weighted by molar-refractivity contribution is 0.0428. The van der Waals surface area contributed by atoms with Crippen molar-refractivity contribution in [1.82, 2.24) is 14.7 Å². The van der Waals surface area contributed by atoms with Crippen LogP contribution in [0.5, 0.6) is 5.75 Å². The van der Waals surface area contributed by atoms with Crippen LogP contribution in [0, 0.1) is 11.3 Å². The van der Waals surface area contributed by atoms with E-state index >= 15 is 8.78 Å². The molecule has 0 aliphatic carbocycles. The molecule has 4 aromatic rings. The zero-order valence-electron chi connectivity index (χ0n) is 24.8. The lowest BCUT2D eigenvalue weighted by atomic mass is 9.99. The molecule has 1 fully saturated rings. The zero-order valence-corrected chi connectivity index (χ0v) is 24.8. The molecule has 0 saturated carbocycles. The number of nitriles is 1. The molecule has 2 aliphatic heterocycles. The van der Waals surface area contributed by atoms with Crippen LogP contribution in [0.25, 0.3) is 0 Å². The van der Waals surface area contributed by atoms with E-state index in [1.165, 1.54) is 94.5 Å². The Morgan fingerprint density at radius 3 is 2.41 bits per heavy atom. The summed E-state index contributed by atoms with van der Waals surface area (Å²) in [4.78, 5) is 43.1. The summed E-state index contributed by atoms with van der Waals surface area (Å²) in [5.74, 6) is -4.11. The smallest absolute Gasteiger partial charge is 0.409 e. The molecule has 2 aliphatic rings. The molecule has 0 bridgehead atoms. The quantitative estimate of drug-likeness (QED) is 0.299. The summed E-state index contributed by atoms with van der Waals surface area (Å²) in [6.45, 7) is 2.11. The van der Waals surface area contributed by atoms with E-state index in [2.05, 4.69) is 10.4 Å². The van der Waals surface area contributed by atoms with E-state index in [0.29, 0.717) is 11.4 Å². The number of carbonyl (C=O) groups is 3. The van der Waals surface area contributed by atoms with Gasteiger partial charge in [-0.1, -0.05) is 42.5 Å². The third-order valence-electron chi connectivity index (χ3n) is 8.12. The van der Waals surface area contributed by atoms with Crippen molar-refractivity contribution in [2.24, 2.45) is 0 Å². The van der Waals surface area contributed by atoms with Gasteiger partial charge in [-0.3, -0.25) is 19.2 Å². The highest BCUT2D eigenvalue weighted by molar-refractivity contribution is 6.13. The molecular weight excluding hydrogens is 598 g/mol. The first kappa shape index (κ1) is 30.3. The number of halogens is 2. The molecular formula is C33H28F2N6O5. The van der Waals surface area contributed by atoms with Gasteiger partial charge in [0.15, 0.2) is 5.69 Å². The molecule has 1 N–H and O–H groups in total. The number of carbonyl (C=O) groups excluding carboxylic acids is 3. The Balaban J connectivity index is 1.36. The van der Waals surface area contributed by atoms with Crippen molar-refractivity contribution in [3.63, 3.8) is 0 Å². The van der Waals surface area contributed by atoms with Gasteiger partial charge in [0.1, 0.15) is 11.8 Å². The van der Waals surface area contributed by atoms with Crippen LogP contribution in [-0.4, -0.2) is 65.4 Å². The zero-order chi connectivity index (χ0) is 32.6. The summed E-state index contributed by atoms with van der Waals surface area (Å²) in [5.41, 5.74) is 0.376. The van der Waals surface area contributed by atoms with Crippen molar-refractivity contribution in [1.29, 1.82) is 5.26 Å². The minimum atomic E-state index is -3.27. The Kier molecular flexibility index (Phi) is 7.87. The molecule has 0 radical (unpaired) electrons. The highest BCUT2D eigenvalue weighted by atomic mass is 19.3. The molecule has 11 nitrogen and oxygen atoms in total. The largest absolute Gasteiger partial charge is 0.495 e. The van der Waals surface area contributed by atoms with Crippen LogP contribution < -0.4 is 15.0 Å². The maximum absolute atomic E-state index is 15.3. The van der Waals surface area contributed by atoms with Crippen molar-refractivity contribution in [2.75, 3.05) is 37.0 Å². The van der Waals surface area contributed by atoms with Crippen molar-refractivity contribution >= 4 is 29.3 Å². The number of nitrogens with zero attached hydrogens (tertiary/aromatic N) is 5. The van der Waals surface area contributed by atoms with Gasteiger partial charge >= 0.3 is 6.09 Å². The van der Waals surface area contributed by atoms with Gasteiger partial charge in [0.05, 0.1) is 43.2 Å². The summed E-state index contributed by atoms with van der Waals surface area (Å²) in [5, 5.41) is 16.6. The topological polar surface area (TPSA) is 130 Å². The molecule has 13 heteroatoms. The molecule has 234 valence electrons. The lowest BCUT2D eigenvalue weighted by Crippen LogP contribution is -2.51. The number of hydrogen-bond acceptors (Lipinski definition) is 7. The third kappa shape index (κ3) is 5.17. The standard InChI is InChI=1S/C33H28F2N6O5/c1-3-46-32(44)39-18-26-27(19-39)41-29(25(17-37-41)38-30(42)20-9-14-28(45-2)21(15-20)16-36)31(43)40(26)24-12-10-23(11-13-24)33(34,35)22-7-5-4-6-8-22/h4-15,17,26-27H,3,18-19H2,1-2H3,(H,38,42)/t26-,27+/m0/s1. The molecule has 3 heterocycles. The van der Waals surface area contributed by atoms with Crippen molar-refractivity contribution in [3.05, 3.63) is 107 Å². The van der Waals surface area contributed by atoms with Crippen LogP contribution in [0.3, 0.4) is 0 Å². The van der Waals surface area contributed by atoms with Gasteiger partial charge in [0.25, 0.3) is 17.7 Å². The summed E-state index contributed by atoms with van der Waals surface area (Å²) >= 11 is 0. The van der Waals surface area contributed by atoms with E-state index in [0.717, 1.165) is 0 Å². The normalized spacial score (nSPS) is 17.2. The number of likely N-dealkylation sites (tertiary alicyclic amines) is 1. The highest BCUT2D eigenvalue weighted by Crippen LogP contribution is 2.41. The van der Waals surface area contributed by atoms with E-state index in [1.807, 2.05) is 6.07 Å². The average Bonchev–Trinajstić information content (AvgIpc) is 3.70. The van der Waals surface area contributed by atoms with Crippen LogP contribution >= 0.6 is 0 Å². The first-order chi connectivity index (χ1) is 22.2. The number of rotatable bonds is 7. The molecule has 6 rings (SSSR count). The van der Waals surface area contributed by atoms with Crippen LogP contribution in [0.1, 0.15) is 50.5 Å². The van der Waals surface area contributed by atoms with Gasteiger partial charge in [-0.25, -0.2) is 4.79 Å². The Morgan fingerprint density at radius 1 is 1.04 bits per heavy atom. The third-order valence-corrected chi connectivity index (χ3v) is 8.12. The second kappa shape index (κ2) is 12.0. The Labute approximate surface area is 262 Å². The van der Waals surface area contributed by atoms with Gasteiger partial charge in [-0.2, -0.15) is 19.1 Å². The molecule has 1 saturated heterocycles. The summed E-state index contributed by atoms with van der Waals surface area (Å²) < 4.78 is 42.5. The summed E-state index contributed by atoms with van der Waals surface area (Å²) in [6, 6.07) is 18.0. The van der Waals surface area contributed by atoms with Crippen molar-refractivity contribution < 1.29 is 32.6 Å². The number of fused-ring (bicyclic) bond motifs is 3. The van der Waals surface area contributed by atoms with Crippen LogP contribution in [0.15, 0.2) is 79.0 Å². The van der Waals surface area contributed by atoms with Gasteiger partial charge in [-0.15, -0.1) is 0 Å².